The first kappa shape index (κ1) is 31.9. The van der Waals surface area contributed by atoms with Crippen LogP contribution in [-0.2, 0) is 0 Å². The predicted octanol–water partition coefficient (Wildman–Crippen LogP) is 13.3. The molecule has 56 heavy (non-hydrogen) atoms. The average molecular weight is 715 g/mol. The van der Waals surface area contributed by atoms with Gasteiger partial charge in [-0.05, 0) is 101 Å². The smallest absolute Gasteiger partial charge is 0.0963 e. The van der Waals surface area contributed by atoms with Crippen LogP contribution in [0.5, 0.6) is 0 Å². The van der Waals surface area contributed by atoms with Crippen LogP contribution in [0.3, 0.4) is 0 Å². The molecule has 4 heterocycles. The van der Waals surface area contributed by atoms with Gasteiger partial charge in [-0.25, -0.2) is 4.98 Å². The highest BCUT2D eigenvalue weighted by Crippen LogP contribution is 2.39. The zero-order chi connectivity index (χ0) is 37.0. The Balaban J connectivity index is 1.05. The summed E-state index contributed by atoms with van der Waals surface area (Å²) >= 11 is 0. The van der Waals surface area contributed by atoms with Crippen molar-refractivity contribution in [2.24, 2.45) is 0 Å². The number of fused-ring (bicyclic) bond motifs is 6. The number of hydrogen-bond acceptors (Lipinski definition) is 2. The van der Waals surface area contributed by atoms with Gasteiger partial charge in [-0.3, -0.25) is 4.98 Å². The Morgan fingerprint density at radius 3 is 1.54 bits per heavy atom. The van der Waals surface area contributed by atoms with Gasteiger partial charge in [0, 0.05) is 44.9 Å². The second-order valence-corrected chi connectivity index (χ2v) is 14.3. The van der Waals surface area contributed by atoms with Gasteiger partial charge < -0.3 is 9.13 Å². The molecule has 0 saturated carbocycles. The lowest BCUT2D eigenvalue weighted by Gasteiger charge is -2.13. The van der Waals surface area contributed by atoms with E-state index < -0.39 is 0 Å². The summed E-state index contributed by atoms with van der Waals surface area (Å²) in [6.45, 7) is 0. The van der Waals surface area contributed by atoms with E-state index >= 15 is 0 Å². The normalized spacial score (nSPS) is 11.6. The van der Waals surface area contributed by atoms with Crippen molar-refractivity contribution < 1.29 is 0 Å². The van der Waals surface area contributed by atoms with Crippen molar-refractivity contribution in [1.29, 1.82) is 0 Å². The van der Waals surface area contributed by atoms with E-state index in [4.69, 9.17) is 9.97 Å². The molecule has 0 N–H and O–H groups in total. The predicted molar refractivity (Wildman–Crippen MR) is 232 cm³/mol. The van der Waals surface area contributed by atoms with Gasteiger partial charge in [0.25, 0.3) is 0 Å². The molecule has 0 aliphatic heterocycles. The number of para-hydroxylation sites is 2. The van der Waals surface area contributed by atoms with E-state index in [9.17, 15) is 0 Å². The van der Waals surface area contributed by atoms with Crippen LogP contribution >= 0.6 is 0 Å². The fraction of sp³-hybridized carbons (Fsp3) is 0. The maximum Gasteiger partial charge on any atom is 0.0963 e. The summed E-state index contributed by atoms with van der Waals surface area (Å²) in [5, 5.41) is 3.60. The van der Waals surface area contributed by atoms with Gasteiger partial charge in [-0.15, -0.1) is 0 Å². The van der Waals surface area contributed by atoms with E-state index in [-0.39, 0.29) is 0 Å². The minimum atomic E-state index is 0.948. The van der Waals surface area contributed by atoms with Crippen molar-refractivity contribution in [2.45, 2.75) is 0 Å². The minimum Gasteiger partial charge on any atom is -0.309 e. The first-order valence-corrected chi connectivity index (χ1v) is 19.0. The first-order chi connectivity index (χ1) is 27.8. The quantitative estimate of drug-likeness (QED) is 0.172. The van der Waals surface area contributed by atoms with Gasteiger partial charge in [-0.1, -0.05) is 121 Å². The van der Waals surface area contributed by atoms with Crippen molar-refractivity contribution in [2.75, 3.05) is 0 Å². The van der Waals surface area contributed by atoms with Gasteiger partial charge in [-0.2, -0.15) is 0 Å². The zero-order valence-corrected chi connectivity index (χ0v) is 30.4. The highest BCUT2D eigenvalue weighted by atomic mass is 15.0. The molecule has 0 aliphatic carbocycles. The summed E-state index contributed by atoms with van der Waals surface area (Å²) in [5.41, 5.74) is 16.5. The second-order valence-electron chi connectivity index (χ2n) is 14.3. The lowest BCUT2D eigenvalue weighted by molar-refractivity contribution is 1.18. The molecule has 0 amide bonds. The molecule has 4 aromatic heterocycles. The Hall–Kier alpha value is -7.56. The molecular formula is C52H34N4. The van der Waals surface area contributed by atoms with E-state index in [0.29, 0.717) is 0 Å². The molecule has 0 saturated heterocycles. The van der Waals surface area contributed by atoms with Crippen molar-refractivity contribution in [3.05, 3.63) is 206 Å². The molecule has 0 bridgehead atoms. The number of rotatable bonds is 6. The second kappa shape index (κ2) is 13.1. The zero-order valence-electron chi connectivity index (χ0n) is 30.4. The highest BCUT2D eigenvalue weighted by molar-refractivity contribution is 6.12. The van der Waals surface area contributed by atoms with Crippen LogP contribution in [0, 0.1) is 0 Å². The fourth-order valence-corrected chi connectivity index (χ4v) is 8.34. The molecule has 4 heteroatoms. The summed E-state index contributed by atoms with van der Waals surface area (Å²) in [6, 6.07) is 71.3. The van der Waals surface area contributed by atoms with E-state index in [2.05, 4.69) is 191 Å². The number of hydrogen-bond donors (Lipinski definition) is 0. The summed E-state index contributed by atoms with van der Waals surface area (Å²) < 4.78 is 4.71. The largest absolute Gasteiger partial charge is 0.309 e. The Labute approximate surface area is 324 Å². The van der Waals surface area contributed by atoms with Crippen LogP contribution in [0.1, 0.15) is 0 Å². The van der Waals surface area contributed by atoms with Gasteiger partial charge in [0.15, 0.2) is 0 Å². The third-order valence-corrected chi connectivity index (χ3v) is 10.9. The Morgan fingerprint density at radius 2 is 0.821 bits per heavy atom. The van der Waals surface area contributed by atoms with Crippen LogP contribution in [0.25, 0.3) is 99.9 Å². The lowest BCUT2D eigenvalue weighted by atomic mass is 9.99. The molecule has 0 atom stereocenters. The SMILES string of the molecule is c1ccc(-c2cc(-c3cccc(-n4c5ccc(-c6ccc7c(c6)c6ccccc6n7-c6ccccc6)cc5c5ncccc54)c3)cc(-c3ccccc3)n2)cc1. The fourth-order valence-electron chi connectivity index (χ4n) is 8.34. The van der Waals surface area contributed by atoms with Crippen molar-refractivity contribution in [1.82, 2.24) is 19.1 Å². The number of pyridine rings is 2. The minimum absolute atomic E-state index is 0.948. The topological polar surface area (TPSA) is 35.6 Å². The molecule has 262 valence electrons. The molecule has 11 rings (SSSR count). The van der Waals surface area contributed by atoms with E-state index in [1.165, 1.54) is 27.4 Å². The number of nitrogens with zero attached hydrogens (tertiary/aromatic N) is 4. The molecule has 7 aromatic carbocycles. The van der Waals surface area contributed by atoms with Crippen molar-refractivity contribution in [3.63, 3.8) is 0 Å². The van der Waals surface area contributed by atoms with Gasteiger partial charge >= 0.3 is 0 Å². The summed E-state index contributed by atoms with van der Waals surface area (Å²) in [6.07, 6.45) is 1.90. The van der Waals surface area contributed by atoms with Crippen molar-refractivity contribution >= 4 is 43.7 Å². The van der Waals surface area contributed by atoms with Gasteiger partial charge in [0.2, 0.25) is 0 Å². The third-order valence-electron chi connectivity index (χ3n) is 10.9. The summed E-state index contributed by atoms with van der Waals surface area (Å²) in [7, 11) is 0. The van der Waals surface area contributed by atoms with Gasteiger partial charge in [0.05, 0.1) is 39.0 Å². The van der Waals surface area contributed by atoms with Crippen molar-refractivity contribution in [3.8, 4) is 56.1 Å². The van der Waals surface area contributed by atoms with Gasteiger partial charge in [0.1, 0.15) is 0 Å². The maximum absolute atomic E-state index is 5.12. The first-order valence-electron chi connectivity index (χ1n) is 19.0. The Morgan fingerprint density at radius 1 is 0.304 bits per heavy atom. The molecule has 0 unspecified atom stereocenters. The summed E-state index contributed by atoms with van der Waals surface area (Å²) in [5.74, 6) is 0. The molecule has 11 aromatic rings. The molecular weight excluding hydrogens is 681 g/mol. The van der Waals surface area contributed by atoms with Crippen LogP contribution < -0.4 is 0 Å². The number of aromatic nitrogens is 4. The van der Waals surface area contributed by atoms with Crippen LogP contribution in [0.15, 0.2) is 206 Å². The summed E-state index contributed by atoms with van der Waals surface area (Å²) in [4.78, 5) is 10.1. The molecule has 0 aliphatic rings. The molecule has 4 nitrogen and oxygen atoms in total. The average Bonchev–Trinajstić information content (AvgIpc) is 3.79. The van der Waals surface area contributed by atoms with Crippen LogP contribution in [0.2, 0.25) is 0 Å². The van der Waals surface area contributed by atoms with Crippen LogP contribution in [-0.4, -0.2) is 19.1 Å². The lowest BCUT2D eigenvalue weighted by Crippen LogP contribution is -1.95. The van der Waals surface area contributed by atoms with E-state index in [0.717, 1.165) is 72.5 Å². The van der Waals surface area contributed by atoms with Crippen LogP contribution in [0.4, 0.5) is 0 Å². The molecule has 0 radical (unpaired) electrons. The molecule has 0 fully saturated rings. The standard InChI is InChI=1S/C52H34N4/c1-4-14-35(15-5-1)46-33-40(34-47(54-46)36-16-6-2-7-17-36)37-18-12-21-42(30-37)56-50-28-26-39(32-45(50)52-51(56)24-13-29-53-52)38-25-27-49-44(31-38)43-22-10-11-23-48(43)55(49)41-19-8-3-9-20-41/h1-34H. The maximum atomic E-state index is 5.12. The Bertz CT molecular complexity index is 3170. The third kappa shape index (κ3) is 5.31. The molecule has 0 spiro atoms. The van der Waals surface area contributed by atoms with E-state index in [1.807, 2.05) is 24.4 Å². The monoisotopic (exact) mass is 714 g/mol. The van der Waals surface area contributed by atoms with E-state index in [1.54, 1.807) is 0 Å². The highest BCUT2D eigenvalue weighted by Gasteiger charge is 2.17. The Kier molecular flexibility index (Phi) is 7.46. The number of benzene rings is 7.